The minimum Gasteiger partial charge on any atom is -0.387 e. The summed E-state index contributed by atoms with van der Waals surface area (Å²) in [5, 5.41) is 8.11. The topological polar surface area (TPSA) is 24.1 Å². The first-order valence-corrected chi connectivity index (χ1v) is 5.83. The lowest BCUT2D eigenvalue weighted by molar-refractivity contribution is 0.467. The molecule has 0 saturated carbocycles. The van der Waals surface area contributed by atoms with Crippen LogP contribution in [0.3, 0.4) is 0 Å². The van der Waals surface area contributed by atoms with Crippen LogP contribution in [0.15, 0.2) is 11.5 Å². The summed E-state index contributed by atoms with van der Waals surface area (Å²) >= 11 is 0. The summed E-state index contributed by atoms with van der Waals surface area (Å²) in [6, 6.07) is 0. The van der Waals surface area contributed by atoms with E-state index < -0.39 is 0 Å². The van der Waals surface area contributed by atoms with Crippen molar-refractivity contribution in [3.8, 4) is 0 Å². The lowest BCUT2D eigenvalue weighted by Crippen LogP contribution is -2.38. The third-order valence-corrected chi connectivity index (χ3v) is 1.83. The zero-order valence-corrected chi connectivity index (χ0v) is 12.1. The number of hydrogen-bond donors (Lipinski definition) is 2. The van der Waals surface area contributed by atoms with Crippen LogP contribution >= 0.6 is 0 Å². The number of hydrogen-bond acceptors (Lipinski definition) is 2. The standard InChI is InChI=1S/C10H24N2Si/c1-9(2,3)11-7-8(13)12-10(4,5)6/h7,11-12H,1-6,13H3. The van der Waals surface area contributed by atoms with E-state index in [2.05, 4.69) is 58.4 Å². The second kappa shape index (κ2) is 4.18. The van der Waals surface area contributed by atoms with E-state index in [0.29, 0.717) is 0 Å². The van der Waals surface area contributed by atoms with Gasteiger partial charge in [-0.1, -0.05) is 0 Å². The van der Waals surface area contributed by atoms with Crippen molar-refractivity contribution in [3.05, 3.63) is 11.5 Å². The Morgan fingerprint density at radius 3 is 1.77 bits per heavy atom. The maximum Gasteiger partial charge on any atom is 0.0607 e. The summed E-state index contributed by atoms with van der Waals surface area (Å²) in [6.45, 7) is 13.0. The molecular formula is C10H24N2Si. The minimum absolute atomic E-state index is 0.162. The maximum absolute atomic E-state index is 3.45. The van der Waals surface area contributed by atoms with Crippen LogP contribution in [0.4, 0.5) is 0 Å². The highest BCUT2D eigenvalue weighted by atomic mass is 28.1. The molecule has 13 heavy (non-hydrogen) atoms. The van der Waals surface area contributed by atoms with Crippen molar-refractivity contribution < 1.29 is 0 Å². The summed E-state index contributed by atoms with van der Waals surface area (Å²) < 4.78 is 0. The molecule has 0 aliphatic carbocycles. The Morgan fingerprint density at radius 1 is 1.00 bits per heavy atom. The van der Waals surface area contributed by atoms with Gasteiger partial charge in [-0.2, -0.15) is 0 Å². The van der Waals surface area contributed by atoms with Crippen LogP contribution in [0, 0.1) is 0 Å². The summed E-state index contributed by atoms with van der Waals surface area (Å²) in [4.78, 5) is 0. The number of rotatable bonds is 2. The predicted octanol–water partition coefficient (Wildman–Crippen LogP) is 0.927. The van der Waals surface area contributed by atoms with E-state index >= 15 is 0 Å². The van der Waals surface area contributed by atoms with Crippen LogP contribution < -0.4 is 10.6 Å². The smallest absolute Gasteiger partial charge is 0.0607 e. The van der Waals surface area contributed by atoms with Crippen LogP contribution in [-0.4, -0.2) is 21.3 Å². The van der Waals surface area contributed by atoms with E-state index in [9.17, 15) is 0 Å². The summed E-state index contributed by atoms with van der Waals surface area (Å²) in [7, 11) is 1.05. The third-order valence-electron chi connectivity index (χ3n) is 1.29. The van der Waals surface area contributed by atoms with E-state index in [-0.39, 0.29) is 11.1 Å². The maximum atomic E-state index is 3.45. The molecule has 0 fully saturated rings. The molecule has 0 aliphatic rings. The van der Waals surface area contributed by atoms with Crippen molar-refractivity contribution in [2.24, 2.45) is 0 Å². The Kier molecular flexibility index (Phi) is 4.04. The molecule has 0 saturated heterocycles. The lowest BCUT2D eigenvalue weighted by atomic mass is 10.1. The lowest BCUT2D eigenvalue weighted by Gasteiger charge is -2.25. The highest BCUT2D eigenvalue weighted by Crippen LogP contribution is 2.02. The second-order valence-corrected chi connectivity index (χ2v) is 6.67. The molecule has 0 heterocycles. The van der Waals surface area contributed by atoms with Crippen LogP contribution in [0.2, 0.25) is 0 Å². The fourth-order valence-corrected chi connectivity index (χ4v) is 1.85. The van der Waals surface area contributed by atoms with Crippen molar-refractivity contribution in [1.29, 1.82) is 0 Å². The van der Waals surface area contributed by atoms with Gasteiger partial charge in [0.25, 0.3) is 0 Å². The molecule has 3 heteroatoms. The zero-order valence-electron chi connectivity index (χ0n) is 10.1. The minimum atomic E-state index is 0.162. The Labute approximate surface area is 85.6 Å². The molecule has 0 bridgehead atoms. The molecule has 0 aromatic heterocycles. The van der Waals surface area contributed by atoms with Crippen LogP contribution in [0.25, 0.3) is 0 Å². The quantitative estimate of drug-likeness (QED) is 0.648. The van der Waals surface area contributed by atoms with E-state index in [1.54, 1.807) is 0 Å². The highest BCUT2D eigenvalue weighted by molar-refractivity contribution is 6.21. The fourth-order valence-electron chi connectivity index (χ4n) is 0.952. The van der Waals surface area contributed by atoms with Crippen LogP contribution in [0.5, 0.6) is 0 Å². The van der Waals surface area contributed by atoms with Crippen LogP contribution in [-0.2, 0) is 0 Å². The molecule has 78 valence electrons. The SMILES string of the molecule is CC(C)(C)NC=C([SiH3])NC(C)(C)C. The fraction of sp³-hybridized carbons (Fsp3) is 0.800. The molecule has 0 radical (unpaired) electrons. The average molecular weight is 200 g/mol. The van der Waals surface area contributed by atoms with Gasteiger partial charge < -0.3 is 10.6 Å². The molecule has 0 unspecified atom stereocenters. The summed E-state index contributed by atoms with van der Waals surface area (Å²) in [5.41, 5.74) is 0.336. The Morgan fingerprint density at radius 2 is 1.46 bits per heavy atom. The Bertz CT molecular complexity index is 184. The third kappa shape index (κ3) is 9.47. The molecule has 0 amide bonds. The van der Waals surface area contributed by atoms with E-state index in [1.807, 2.05) is 0 Å². The van der Waals surface area contributed by atoms with Gasteiger partial charge in [0, 0.05) is 17.3 Å². The molecule has 0 aliphatic heterocycles. The van der Waals surface area contributed by atoms with E-state index in [0.717, 1.165) is 10.2 Å². The van der Waals surface area contributed by atoms with Gasteiger partial charge in [0.1, 0.15) is 0 Å². The number of nitrogens with one attached hydrogen (secondary N) is 2. The van der Waals surface area contributed by atoms with Crippen molar-refractivity contribution in [2.45, 2.75) is 52.6 Å². The normalized spacial score (nSPS) is 14.5. The Hall–Kier alpha value is -0.443. The molecular weight excluding hydrogens is 176 g/mol. The van der Waals surface area contributed by atoms with Crippen LogP contribution in [0.1, 0.15) is 41.5 Å². The molecule has 0 aromatic rings. The molecule has 0 atom stereocenters. The van der Waals surface area contributed by atoms with Gasteiger partial charge in [0.15, 0.2) is 0 Å². The zero-order chi connectivity index (χ0) is 10.7. The van der Waals surface area contributed by atoms with Gasteiger partial charge in [-0.25, -0.2) is 0 Å². The first kappa shape index (κ1) is 12.6. The molecule has 2 nitrogen and oxygen atoms in total. The van der Waals surface area contributed by atoms with Crippen molar-refractivity contribution in [2.75, 3.05) is 0 Å². The van der Waals surface area contributed by atoms with E-state index in [1.165, 1.54) is 5.32 Å². The van der Waals surface area contributed by atoms with Gasteiger partial charge >= 0.3 is 0 Å². The molecule has 2 N–H and O–H groups in total. The van der Waals surface area contributed by atoms with Gasteiger partial charge in [0.05, 0.1) is 10.2 Å². The molecule has 0 rings (SSSR count). The predicted molar refractivity (Wildman–Crippen MR) is 63.8 cm³/mol. The van der Waals surface area contributed by atoms with Crippen molar-refractivity contribution in [1.82, 2.24) is 10.6 Å². The summed E-state index contributed by atoms with van der Waals surface area (Å²) in [5.74, 6) is 0. The van der Waals surface area contributed by atoms with E-state index in [4.69, 9.17) is 0 Å². The monoisotopic (exact) mass is 200 g/mol. The largest absolute Gasteiger partial charge is 0.387 e. The van der Waals surface area contributed by atoms with Gasteiger partial charge in [-0.15, -0.1) is 0 Å². The summed E-state index contributed by atoms with van der Waals surface area (Å²) in [6.07, 6.45) is 2.09. The molecule has 0 spiro atoms. The van der Waals surface area contributed by atoms with Crippen molar-refractivity contribution in [3.63, 3.8) is 0 Å². The van der Waals surface area contributed by atoms with Gasteiger partial charge in [0.2, 0.25) is 0 Å². The Balaban J connectivity index is 4.05. The van der Waals surface area contributed by atoms with Crippen molar-refractivity contribution >= 4 is 10.2 Å². The van der Waals surface area contributed by atoms with Gasteiger partial charge in [-0.3, -0.25) is 0 Å². The average Bonchev–Trinajstić information content (AvgIpc) is 1.78. The first-order chi connectivity index (χ1) is 5.60. The highest BCUT2D eigenvalue weighted by Gasteiger charge is 2.09. The van der Waals surface area contributed by atoms with Gasteiger partial charge in [-0.05, 0) is 46.9 Å². The second-order valence-electron chi connectivity index (χ2n) is 5.60. The molecule has 0 aromatic carbocycles. The first-order valence-electron chi connectivity index (χ1n) is 4.83.